The van der Waals surface area contributed by atoms with E-state index in [1.54, 1.807) is 30.4 Å². The van der Waals surface area contributed by atoms with Crippen LogP contribution in [0, 0.1) is 5.82 Å². The summed E-state index contributed by atoms with van der Waals surface area (Å²) in [5, 5.41) is 9.13. The Hall–Kier alpha value is -3.28. The van der Waals surface area contributed by atoms with Crippen LogP contribution >= 0.6 is 0 Å². The molecule has 2 aromatic carbocycles. The Morgan fingerprint density at radius 2 is 1.92 bits per heavy atom. The van der Waals surface area contributed by atoms with Gasteiger partial charge in [0.15, 0.2) is 0 Å². The van der Waals surface area contributed by atoms with Crippen LogP contribution in [-0.2, 0) is 6.54 Å². The third kappa shape index (κ3) is 3.33. The van der Waals surface area contributed by atoms with Crippen LogP contribution in [0.5, 0.6) is 0 Å². The van der Waals surface area contributed by atoms with Crippen LogP contribution in [0.3, 0.4) is 0 Å². The Morgan fingerprint density at radius 1 is 1.20 bits per heavy atom. The Morgan fingerprint density at radius 3 is 2.56 bits per heavy atom. The molecule has 0 fully saturated rings. The first-order valence-corrected chi connectivity index (χ1v) is 7.71. The average molecular weight is 338 g/mol. The molecule has 3 aromatic rings. The number of nitrogens with zero attached hydrogens (tertiary/aromatic N) is 2. The molecular formula is C19H15FN2O3. The topological polar surface area (TPSA) is 72.2 Å². The average Bonchev–Trinajstić information content (AvgIpc) is 2.61. The first-order chi connectivity index (χ1) is 12.0. The number of fused-ring (bicyclic) bond motifs is 1. The monoisotopic (exact) mass is 338 g/mol. The van der Waals surface area contributed by atoms with E-state index < -0.39 is 5.97 Å². The molecule has 0 atom stereocenters. The molecule has 0 aliphatic carbocycles. The Bertz CT molecular complexity index is 1040. The minimum absolute atomic E-state index is 0.106. The number of hydrogen-bond acceptors (Lipinski definition) is 3. The summed E-state index contributed by atoms with van der Waals surface area (Å²) < 4.78 is 14.5. The fraction of sp³-hybridized carbons (Fsp3) is 0.105. The summed E-state index contributed by atoms with van der Waals surface area (Å²) in [6.07, 6.45) is 3.21. The van der Waals surface area contributed by atoms with Gasteiger partial charge < -0.3 is 9.67 Å². The first kappa shape index (κ1) is 16.6. The Balaban J connectivity index is 2.13. The van der Waals surface area contributed by atoms with Crippen LogP contribution in [0.2, 0.25) is 0 Å². The van der Waals surface area contributed by atoms with Crippen molar-refractivity contribution in [1.82, 2.24) is 9.55 Å². The van der Waals surface area contributed by atoms with Gasteiger partial charge in [0, 0.05) is 6.54 Å². The SMILES string of the molecule is CCn1c(=O)c(/C=C/c2ccc(F)cc2)nc2cc(C(=O)O)ccc21. The quantitative estimate of drug-likeness (QED) is 0.791. The van der Waals surface area contributed by atoms with Gasteiger partial charge in [0.25, 0.3) is 5.56 Å². The van der Waals surface area contributed by atoms with E-state index >= 15 is 0 Å². The van der Waals surface area contributed by atoms with Gasteiger partial charge >= 0.3 is 5.97 Å². The van der Waals surface area contributed by atoms with Gasteiger partial charge in [0.05, 0.1) is 16.6 Å². The highest BCUT2D eigenvalue weighted by Crippen LogP contribution is 2.15. The van der Waals surface area contributed by atoms with Crippen molar-refractivity contribution in [1.29, 1.82) is 0 Å². The molecule has 3 rings (SSSR count). The fourth-order valence-electron chi connectivity index (χ4n) is 2.57. The number of halogens is 1. The maximum Gasteiger partial charge on any atom is 0.335 e. The number of carboxylic acids is 1. The molecule has 6 heteroatoms. The number of rotatable bonds is 4. The molecule has 126 valence electrons. The third-order valence-electron chi connectivity index (χ3n) is 3.84. The number of carbonyl (C=O) groups is 1. The van der Waals surface area contributed by atoms with Crippen molar-refractivity contribution in [3.63, 3.8) is 0 Å². The molecule has 0 saturated heterocycles. The van der Waals surface area contributed by atoms with E-state index in [-0.39, 0.29) is 22.6 Å². The van der Waals surface area contributed by atoms with Gasteiger partial charge in [-0.25, -0.2) is 14.2 Å². The van der Waals surface area contributed by atoms with E-state index in [9.17, 15) is 14.0 Å². The number of aryl methyl sites for hydroxylation is 1. The Labute approximate surface area is 142 Å². The summed E-state index contributed by atoms with van der Waals surface area (Å²) in [5.41, 5.74) is 1.77. The zero-order valence-corrected chi connectivity index (χ0v) is 13.4. The maximum atomic E-state index is 13.0. The molecule has 0 spiro atoms. The Kier molecular flexibility index (Phi) is 4.43. The van der Waals surface area contributed by atoms with Crippen molar-refractivity contribution >= 4 is 29.2 Å². The predicted molar refractivity (Wildman–Crippen MR) is 94.0 cm³/mol. The molecule has 0 unspecified atom stereocenters. The van der Waals surface area contributed by atoms with E-state index in [2.05, 4.69) is 4.98 Å². The van der Waals surface area contributed by atoms with Crippen LogP contribution in [0.1, 0.15) is 28.5 Å². The van der Waals surface area contributed by atoms with Crippen molar-refractivity contribution in [3.8, 4) is 0 Å². The van der Waals surface area contributed by atoms with Crippen LogP contribution in [0.15, 0.2) is 47.3 Å². The number of carboxylic acid groups (broad SMARTS) is 1. The molecule has 1 heterocycles. The lowest BCUT2D eigenvalue weighted by Gasteiger charge is -2.09. The van der Waals surface area contributed by atoms with E-state index in [4.69, 9.17) is 5.11 Å². The number of aromatic carboxylic acids is 1. The molecule has 25 heavy (non-hydrogen) atoms. The molecule has 0 bridgehead atoms. The second kappa shape index (κ2) is 6.68. The van der Waals surface area contributed by atoms with Crippen molar-refractivity contribution in [2.45, 2.75) is 13.5 Å². The van der Waals surface area contributed by atoms with Crippen LogP contribution in [0.4, 0.5) is 4.39 Å². The van der Waals surface area contributed by atoms with Crippen molar-refractivity contribution < 1.29 is 14.3 Å². The first-order valence-electron chi connectivity index (χ1n) is 7.71. The molecule has 5 nitrogen and oxygen atoms in total. The smallest absolute Gasteiger partial charge is 0.335 e. The molecule has 0 aliphatic rings. The van der Waals surface area contributed by atoms with Gasteiger partial charge in [-0.3, -0.25) is 4.79 Å². The third-order valence-corrected chi connectivity index (χ3v) is 3.84. The lowest BCUT2D eigenvalue weighted by Crippen LogP contribution is -2.23. The normalized spacial score (nSPS) is 11.3. The summed E-state index contributed by atoms with van der Waals surface area (Å²) in [7, 11) is 0. The fourth-order valence-corrected chi connectivity index (χ4v) is 2.57. The van der Waals surface area contributed by atoms with Crippen molar-refractivity contribution in [2.24, 2.45) is 0 Å². The van der Waals surface area contributed by atoms with E-state index in [0.29, 0.717) is 17.6 Å². The summed E-state index contributed by atoms with van der Waals surface area (Å²) in [6.45, 7) is 2.26. The largest absolute Gasteiger partial charge is 0.478 e. The van der Waals surface area contributed by atoms with Crippen LogP contribution < -0.4 is 5.56 Å². The van der Waals surface area contributed by atoms with Gasteiger partial charge in [-0.15, -0.1) is 0 Å². The molecule has 0 aliphatic heterocycles. The van der Waals surface area contributed by atoms with E-state index in [1.165, 1.54) is 28.8 Å². The van der Waals surface area contributed by atoms with Crippen LogP contribution in [-0.4, -0.2) is 20.6 Å². The van der Waals surface area contributed by atoms with Gasteiger partial charge in [0.1, 0.15) is 11.5 Å². The second-order valence-electron chi connectivity index (χ2n) is 5.44. The summed E-state index contributed by atoms with van der Waals surface area (Å²) >= 11 is 0. The number of aromatic nitrogens is 2. The lowest BCUT2D eigenvalue weighted by atomic mass is 10.1. The maximum absolute atomic E-state index is 13.0. The highest BCUT2D eigenvalue weighted by molar-refractivity contribution is 5.92. The minimum Gasteiger partial charge on any atom is -0.478 e. The zero-order valence-electron chi connectivity index (χ0n) is 13.4. The predicted octanol–water partition coefficient (Wildman–Crippen LogP) is 3.42. The number of hydrogen-bond donors (Lipinski definition) is 1. The van der Waals surface area contributed by atoms with E-state index in [1.807, 2.05) is 6.92 Å². The van der Waals surface area contributed by atoms with Crippen molar-refractivity contribution in [3.05, 3.63) is 75.5 Å². The molecule has 0 amide bonds. The minimum atomic E-state index is -1.05. The number of benzene rings is 2. The summed E-state index contributed by atoms with van der Waals surface area (Å²) in [6, 6.07) is 10.3. The second-order valence-corrected chi connectivity index (χ2v) is 5.44. The summed E-state index contributed by atoms with van der Waals surface area (Å²) in [4.78, 5) is 28.0. The molecule has 1 N–H and O–H groups in total. The van der Waals surface area contributed by atoms with Gasteiger partial charge in [-0.2, -0.15) is 0 Å². The molecular weight excluding hydrogens is 323 g/mol. The van der Waals surface area contributed by atoms with Crippen molar-refractivity contribution in [2.75, 3.05) is 0 Å². The van der Waals surface area contributed by atoms with Gasteiger partial charge in [-0.05, 0) is 48.9 Å². The van der Waals surface area contributed by atoms with Gasteiger partial charge in [-0.1, -0.05) is 18.2 Å². The molecule has 0 saturated carbocycles. The standard InChI is InChI=1S/C19H15FN2O3/c1-2-22-17-10-6-13(19(24)25)11-16(17)21-15(18(22)23)9-5-12-3-7-14(20)8-4-12/h3-11H,2H2,1H3,(H,24,25)/b9-5+. The van der Waals surface area contributed by atoms with E-state index in [0.717, 1.165) is 5.56 Å². The molecule has 1 aromatic heterocycles. The highest BCUT2D eigenvalue weighted by Gasteiger charge is 2.11. The van der Waals surface area contributed by atoms with Crippen LogP contribution in [0.25, 0.3) is 23.2 Å². The molecule has 0 radical (unpaired) electrons. The van der Waals surface area contributed by atoms with Gasteiger partial charge in [0.2, 0.25) is 0 Å². The summed E-state index contributed by atoms with van der Waals surface area (Å²) in [5.74, 6) is -1.39. The zero-order chi connectivity index (χ0) is 18.0. The highest BCUT2D eigenvalue weighted by atomic mass is 19.1. The lowest BCUT2D eigenvalue weighted by molar-refractivity contribution is 0.0697.